The zero-order valence-corrected chi connectivity index (χ0v) is 8.20. The molecule has 1 aliphatic rings. The molecule has 0 radical (unpaired) electrons. The lowest BCUT2D eigenvalue weighted by molar-refractivity contribution is -0.144. The normalized spacial score (nSPS) is 20.1. The Balaban J connectivity index is 2.50. The summed E-state index contributed by atoms with van der Waals surface area (Å²) in [4.78, 5) is 21.8. The average Bonchev–Trinajstić information content (AvgIpc) is 2.61. The Kier molecular flexibility index (Phi) is 3.64. The topological polar surface area (TPSA) is 64.6 Å². The highest BCUT2D eigenvalue weighted by Crippen LogP contribution is 2.10. The van der Waals surface area contributed by atoms with Crippen LogP contribution in [0.2, 0.25) is 0 Å². The molecule has 0 aromatic heterocycles. The molecule has 5 nitrogen and oxygen atoms in total. The molecule has 1 aliphatic heterocycles. The second-order valence-corrected chi connectivity index (χ2v) is 2.92. The number of esters is 2. The summed E-state index contributed by atoms with van der Waals surface area (Å²) in [6.07, 6.45) is 1.82. The second-order valence-electron chi connectivity index (χ2n) is 2.92. The zero-order chi connectivity index (χ0) is 10.6. The Morgan fingerprint density at radius 2 is 2.36 bits per heavy atom. The predicted molar refractivity (Wildman–Crippen MR) is 48.5 cm³/mol. The molecule has 0 saturated carbocycles. The van der Waals surface area contributed by atoms with E-state index in [9.17, 15) is 9.59 Å². The van der Waals surface area contributed by atoms with E-state index in [0.29, 0.717) is 6.54 Å². The fourth-order valence-electron chi connectivity index (χ4n) is 1.24. The zero-order valence-electron chi connectivity index (χ0n) is 8.20. The molecule has 0 amide bonds. The number of hydrogen-bond acceptors (Lipinski definition) is 5. The Morgan fingerprint density at radius 1 is 1.64 bits per heavy atom. The van der Waals surface area contributed by atoms with Gasteiger partial charge in [0.2, 0.25) is 0 Å². The lowest BCUT2D eigenvalue weighted by atomic mass is 10.1. The van der Waals surface area contributed by atoms with Crippen LogP contribution in [0.4, 0.5) is 0 Å². The largest absolute Gasteiger partial charge is 0.468 e. The van der Waals surface area contributed by atoms with E-state index in [1.165, 1.54) is 14.0 Å². The monoisotopic (exact) mass is 199 g/mol. The van der Waals surface area contributed by atoms with Crippen LogP contribution in [0.15, 0.2) is 11.6 Å². The Labute approximate surface area is 82.1 Å². The first kappa shape index (κ1) is 10.7. The maximum absolute atomic E-state index is 11.2. The molecule has 0 spiro atoms. The van der Waals surface area contributed by atoms with Gasteiger partial charge in [0.25, 0.3) is 0 Å². The predicted octanol–water partition coefficient (Wildman–Crippen LogP) is -0.379. The fourth-order valence-corrected chi connectivity index (χ4v) is 1.24. The van der Waals surface area contributed by atoms with Gasteiger partial charge in [0.15, 0.2) is 0 Å². The van der Waals surface area contributed by atoms with Crippen molar-refractivity contribution in [1.29, 1.82) is 0 Å². The van der Waals surface area contributed by atoms with E-state index in [4.69, 9.17) is 4.74 Å². The van der Waals surface area contributed by atoms with Gasteiger partial charge < -0.3 is 9.47 Å². The van der Waals surface area contributed by atoms with E-state index in [1.807, 2.05) is 6.08 Å². The van der Waals surface area contributed by atoms with E-state index in [0.717, 1.165) is 5.57 Å². The molecule has 1 unspecified atom stereocenters. The molecule has 0 fully saturated rings. The number of methoxy groups -OCH3 is 1. The van der Waals surface area contributed by atoms with Gasteiger partial charge in [-0.05, 0) is 5.57 Å². The van der Waals surface area contributed by atoms with Crippen molar-refractivity contribution in [1.82, 2.24) is 5.32 Å². The van der Waals surface area contributed by atoms with Gasteiger partial charge in [0.05, 0.1) is 7.11 Å². The first-order valence-electron chi connectivity index (χ1n) is 4.28. The third-order valence-corrected chi connectivity index (χ3v) is 1.94. The van der Waals surface area contributed by atoms with Crippen LogP contribution >= 0.6 is 0 Å². The van der Waals surface area contributed by atoms with Crippen LogP contribution in [0.1, 0.15) is 6.92 Å². The summed E-state index contributed by atoms with van der Waals surface area (Å²) >= 11 is 0. The Morgan fingerprint density at radius 3 is 2.93 bits per heavy atom. The summed E-state index contributed by atoms with van der Waals surface area (Å²) < 4.78 is 9.38. The van der Waals surface area contributed by atoms with Gasteiger partial charge >= 0.3 is 11.9 Å². The summed E-state index contributed by atoms with van der Waals surface area (Å²) in [5.74, 6) is -0.720. The van der Waals surface area contributed by atoms with Crippen LogP contribution in [0.25, 0.3) is 0 Å². The molecule has 1 N–H and O–H groups in total. The summed E-state index contributed by atoms with van der Waals surface area (Å²) in [5, 5.41) is 2.92. The lowest BCUT2D eigenvalue weighted by Crippen LogP contribution is -2.36. The van der Waals surface area contributed by atoms with E-state index >= 15 is 0 Å². The standard InChI is InChI=1S/C9H13NO4/c1-6(11)14-5-7-3-4-10-8(7)9(12)13-2/h3,8,10H,4-5H2,1-2H3. The van der Waals surface area contributed by atoms with Crippen molar-refractivity contribution >= 4 is 11.9 Å². The molecule has 0 saturated heterocycles. The van der Waals surface area contributed by atoms with Crippen molar-refractivity contribution in [3.63, 3.8) is 0 Å². The smallest absolute Gasteiger partial charge is 0.327 e. The van der Waals surface area contributed by atoms with Crippen LogP contribution in [-0.4, -0.2) is 38.2 Å². The molecular formula is C9H13NO4. The average molecular weight is 199 g/mol. The number of carbonyl (C=O) groups is 2. The Hall–Kier alpha value is -1.36. The van der Waals surface area contributed by atoms with Gasteiger partial charge in [0.1, 0.15) is 12.6 Å². The maximum Gasteiger partial charge on any atom is 0.327 e. The summed E-state index contributed by atoms with van der Waals surface area (Å²) in [5.41, 5.74) is 0.743. The maximum atomic E-state index is 11.2. The van der Waals surface area contributed by atoms with E-state index in [2.05, 4.69) is 10.1 Å². The van der Waals surface area contributed by atoms with Gasteiger partial charge in [-0.15, -0.1) is 0 Å². The summed E-state index contributed by atoms with van der Waals surface area (Å²) in [6, 6.07) is -0.473. The summed E-state index contributed by atoms with van der Waals surface area (Å²) in [7, 11) is 1.33. The van der Waals surface area contributed by atoms with Crippen molar-refractivity contribution in [3.8, 4) is 0 Å². The molecule has 0 aromatic rings. The quantitative estimate of drug-likeness (QED) is 0.496. The molecule has 1 atom stereocenters. The molecule has 14 heavy (non-hydrogen) atoms. The van der Waals surface area contributed by atoms with E-state index in [1.54, 1.807) is 0 Å². The number of carbonyl (C=O) groups excluding carboxylic acids is 2. The van der Waals surface area contributed by atoms with Gasteiger partial charge in [-0.3, -0.25) is 14.9 Å². The number of nitrogens with one attached hydrogen (secondary N) is 1. The minimum atomic E-state index is -0.473. The molecule has 0 aliphatic carbocycles. The van der Waals surface area contributed by atoms with E-state index in [-0.39, 0.29) is 18.5 Å². The molecule has 78 valence electrons. The highest BCUT2D eigenvalue weighted by atomic mass is 16.5. The van der Waals surface area contributed by atoms with E-state index < -0.39 is 6.04 Å². The van der Waals surface area contributed by atoms with Crippen LogP contribution in [-0.2, 0) is 19.1 Å². The number of ether oxygens (including phenoxy) is 2. The molecule has 0 aromatic carbocycles. The van der Waals surface area contributed by atoms with Crippen LogP contribution < -0.4 is 5.32 Å². The van der Waals surface area contributed by atoms with Crippen LogP contribution in [0.5, 0.6) is 0 Å². The molecular weight excluding hydrogens is 186 g/mol. The molecule has 5 heteroatoms. The van der Waals surface area contributed by atoms with Crippen LogP contribution in [0, 0.1) is 0 Å². The minimum absolute atomic E-state index is 0.141. The van der Waals surface area contributed by atoms with Gasteiger partial charge in [-0.1, -0.05) is 6.08 Å². The molecule has 1 rings (SSSR count). The van der Waals surface area contributed by atoms with Crippen molar-refractivity contribution in [3.05, 3.63) is 11.6 Å². The summed E-state index contributed by atoms with van der Waals surface area (Å²) in [6.45, 7) is 2.06. The van der Waals surface area contributed by atoms with Crippen molar-refractivity contribution in [2.45, 2.75) is 13.0 Å². The lowest BCUT2D eigenvalue weighted by Gasteiger charge is -2.12. The fraction of sp³-hybridized carbons (Fsp3) is 0.556. The third kappa shape index (κ3) is 2.56. The molecule has 0 bridgehead atoms. The highest BCUT2D eigenvalue weighted by molar-refractivity contribution is 5.80. The first-order valence-corrected chi connectivity index (χ1v) is 4.28. The highest BCUT2D eigenvalue weighted by Gasteiger charge is 2.27. The minimum Gasteiger partial charge on any atom is -0.468 e. The van der Waals surface area contributed by atoms with Crippen molar-refractivity contribution < 1.29 is 19.1 Å². The van der Waals surface area contributed by atoms with Crippen molar-refractivity contribution in [2.75, 3.05) is 20.3 Å². The first-order chi connectivity index (χ1) is 6.65. The SMILES string of the molecule is COC(=O)C1NCC=C1COC(C)=O. The third-order valence-electron chi connectivity index (χ3n) is 1.94. The van der Waals surface area contributed by atoms with Crippen LogP contribution in [0.3, 0.4) is 0 Å². The Bertz CT molecular complexity index is 272. The van der Waals surface area contributed by atoms with Crippen molar-refractivity contribution in [2.24, 2.45) is 0 Å². The van der Waals surface area contributed by atoms with Gasteiger partial charge in [-0.25, -0.2) is 0 Å². The molecule has 1 heterocycles. The number of rotatable bonds is 3. The van der Waals surface area contributed by atoms with Gasteiger partial charge in [-0.2, -0.15) is 0 Å². The second kappa shape index (κ2) is 4.76. The van der Waals surface area contributed by atoms with Gasteiger partial charge in [0, 0.05) is 13.5 Å². The number of hydrogen-bond donors (Lipinski definition) is 1.